The van der Waals surface area contributed by atoms with Gasteiger partial charge in [0.2, 0.25) is 0 Å². The molecule has 4 nitrogen and oxygen atoms in total. The van der Waals surface area contributed by atoms with Gasteiger partial charge in [-0.05, 0) is 12.1 Å². The van der Waals surface area contributed by atoms with E-state index in [2.05, 4.69) is 10.3 Å². The number of hydrogen-bond acceptors (Lipinski definition) is 3. The summed E-state index contributed by atoms with van der Waals surface area (Å²) in [5.41, 5.74) is 6.63. The van der Waals surface area contributed by atoms with Gasteiger partial charge in [-0.25, -0.2) is 4.68 Å². The maximum Gasteiger partial charge on any atom is 0.104 e. The molecule has 2 aromatic rings. The Bertz CT molecular complexity index is 500. The molecular weight excluding hydrogens is 270 g/mol. The van der Waals surface area contributed by atoms with Crippen LogP contribution in [-0.4, -0.2) is 15.0 Å². The normalized spacial score (nSPS) is 10.8. The lowest BCUT2D eigenvalue weighted by Gasteiger charge is -2.06. The van der Waals surface area contributed by atoms with Crippen LogP contribution in [0.25, 0.3) is 5.69 Å². The average Bonchev–Trinajstić information content (AvgIpc) is 2.64. The van der Waals surface area contributed by atoms with Crippen LogP contribution >= 0.6 is 34.8 Å². The summed E-state index contributed by atoms with van der Waals surface area (Å²) in [6.07, 6.45) is 1.67. The Morgan fingerprint density at radius 2 is 1.81 bits per heavy atom. The monoisotopic (exact) mass is 276 g/mol. The Morgan fingerprint density at radius 1 is 1.19 bits per heavy atom. The summed E-state index contributed by atoms with van der Waals surface area (Å²) < 4.78 is 1.48. The molecule has 7 heteroatoms. The van der Waals surface area contributed by atoms with E-state index in [1.54, 1.807) is 18.3 Å². The number of nitrogens with two attached hydrogens (primary N) is 1. The molecule has 0 bridgehead atoms. The molecule has 0 aliphatic heterocycles. The smallest absolute Gasteiger partial charge is 0.104 e. The third kappa shape index (κ3) is 2.15. The zero-order valence-electron chi connectivity index (χ0n) is 7.99. The van der Waals surface area contributed by atoms with Gasteiger partial charge in [0, 0.05) is 11.6 Å². The van der Waals surface area contributed by atoms with E-state index in [-0.39, 0.29) is 0 Å². The maximum absolute atomic E-state index is 6.03. The molecule has 1 heterocycles. The highest BCUT2D eigenvalue weighted by atomic mass is 35.5. The molecule has 0 unspecified atom stereocenters. The first-order chi connectivity index (χ1) is 7.61. The van der Waals surface area contributed by atoms with Gasteiger partial charge in [-0.2, -0.15) is 0 Å². The van der Waals surface area contributed by atoms with Crippen molar-refractivity contribution in [2.75, 3.05) is 0 Å². The highest BCUT2D eigenvalue weighted by Gasteiger charge is 2.11. The highest BCUT2D eigenvalue weighted by Crippen LogP contribution is 2.31. The van der Waals surface area contributed by atoms with E-state index < -0.39 is 0 Å². The van der Waals surface area contributed by atoms with Crippen molar-refractivity contribution >= 4 is 34.8 Å². The Labute approximate surface area is 107 Å². The SMILES string of the molecule is NCc1cn(-c2c(Cl)cc(Cl)cc2Cl)nn1. The minimum absolute atomic E-state index is 0.308. The second-order valence-corrected chi connectivity index (χ2v) is 4.33. The first-order valence-electron chi connectivity index (χ1n) is 4.38. The van der Waals surface area contributed by atoms with E-state index >= 15 is 0 Å². The van der Waals surface area contributed by atoms with Crippen LogP contribution in [0.4, 0.5) is 0 Å². The van der Waals surface area contributed by atoms with E-state index in [1.165, 1.54) is 4.68 Å². The fraction of sp³-hybridized carbons (Fsp3) is 0.111. The molecule has 2 rings (SSSR count). The van der Waals surface area contributed by atoms with Gasteiger partial charge in [0.15, 0.2) is 0 Å². The molecule has 0 aliphatic rings. The maximum atomic E-state index is 6.03. The Kier molecular flexibility index (Phi) is 3.35. The molecule has 16 heavy (non-hydrogen) atoms. The number of hydrogen-bond donors (Lipinski definition) is 1. The minimum Gasteiger partial charge on any atom is -0.325 e. The average molecular weight is 278 g/mol. The molecule has 0 amide bonds. The largest absolute Gasteiger partial charge is 0.325 e. The fourth-order valence-electron chi connectivity index (χ4n) is 1.25. The van der Waals surface area contributed by atoms with Crippen LogP contribution in [0.2, 0.25) is 15.1 Å². The predicted molar refractivity (Wildman–Crippen MR) is 64.3 cm³/mol. The van der Waals surface area contributed by atoms with Crippen LogP contribution in [0.5, 0.6) is 0 Å². The first-order valence-corrected chi connectivity index (χ1v) is 5.51. The van der Waals surface area contributed by atoms with Crippen molar-refractivity contribution in [1.82, 2.24) is 15.0 Å². The summed E-state index contributed by atoms with van der Waals surface area (Å²) in [6, 6.07) is 3.18. The molecule has 0 radical (unpaired) electrons. The van der Waals surface area contributed by atoms with Crippen molar-refractivity contribution in [3.05, 3.63) is 39.1 Å². The zero-order valence-corrected chi connectivity index (χ0v) is 10.3. The molecule has 0 aliphatic carbocycles. The van der Waals surface area contributed by atoms with Gasteiger partial charge < -0.3 is 5.73 Å². The molecule has 84 valence electrons. The quantitative estimate of drug-likeness (QED) is 0.918. The lowest BCUT2D eigenvalue weighted by molar-refractivity contribution is 0.797. The van der Waals surface area contributed by atoms with E-state index in [0.717, 1.165) is 0 Å². The van der Waals surface area contributed by atoms with Crippen molar-refractivity contribution in [3.8, 4) is 5.69 Å². The molecule has 0 fully saturated rings. The van der Waals surface area contributed by atoms with Crippen molar-refractivity contribution in [1.29, 1.82) is 0 Å². The Hall–Kier alpha value is -0.810. The standard InChI is InChI=1S/C9H7Cl3N4/c10-5-1-7(11)9(8(12)2-5)16-4-6(3-13)14-15-16/h1-2,4H,3,13H2. The van der Waals surface area contributed by atoms with Crippen LogP contribution in [0.15, 0.2) is 18.3 Å². The van der Waals surface area contributed by atoms with Crippen LogP contribution < -0.4 is 5.73 Å². The number of rotatable bonds is 2. The van der Waals surface area contributed by atoms with Gasteiger partial charge >= 0.3 is 0 Å². The minimum atomic E-state index is 0.308. The van der Waals surface area contributed by atoms with Crippen LogP contribution in [-0.2, 0) is 6.54 Å². The zero-order chi connectivity index (χ0) is 11.7. The molecule has 0 atom stereocenters. The second-order valence-electron chi connectivity index (χ2n) is 3.08. The van der Waals surface area contributed by atoms with Gasteiger partial charge in [-0.3, -0.25) is 0 Å². The summed E-state index contributed by atoms with van der Waals surface area (Å²) in [6.45, 7) is 0.308. The van der Waals surface area contributed by atoms with Gasteiger partial charge in [0.1, 0.15) is 5.69 Å². The number of benzene rings is 1. The summed E-state index contributed by atoms with van der Waals surface area (Å²) in [4.78, 5) is 0. The molecule has 0 spiro atoms. The van der Waals surface area contributed by atoms with Crippen molar-refractivity contribution < 1.29 is 0 Å². The van der Waals surface area contributed by atoms with Gasteiger partial charge in [-0.1, -0.05) is 40.0 Å². The summed E-state index contributed by atoms with van der Waals surface area (Å²) in [5.74, 6) is 0. The summed E-state index contributed by atoms with van der Waals surface area (Å²) >= 11 is 17.9. The van der Waals surface area contributed by atoms with E-state index in [9.17, 15) is 0 Å². The summed E-state index contributed by atoms with van der Waals surface area (Å²) in [5, 5.41) is 9.02. The molecule has 1 aromatic heterocycles. The van der Waals surface area contributed by atoms with Crippen LogP contribution in [0.1, 0.15) is 5.69 Å². The van der Waals surface area contributed by atoms with Crippen molar-refractivity contribution in [3.63, 3.8) is 0 Å². The molecule has 1 aromatic carbocycles. The van der Waals surface area contributed by atoms with Gasteiger partial charge in [-0.15, -0.1) is 5.10 Å². The van der Waals surface area contributed by atoms with Crippen LogP contribution in [0.3, 0.4) is 0 Å². The third-order valence-electron chi connectivity index (χ3n) is 1.96. The lowest BCUT2D eigenvalue weighted by Crippen LogP contribution is -1.97. The molecule has 2 N–H and O–H groups in total. The van der Waals surface area contributed by atoms with Crippen LogP contribution in [0, 0.1) is 0 Å². The molecular formula is C9H7Cl3N4. The van der Waals surface area contributed by atoms with Gasteiger partial charge in [0.25, 0.3) is 0 Å². The number of aromatic nitrogens is 3. The predicted octanol–water partition coefficient (Wildman–Crippen LogP) is 2.69. The van der Waals surface area contributed by atoms with Crippen molar-refractivity contribution in [2.24, 2.45) is 5.73 Å². The topological polar surface area (TPSA) is 56.7 Å². The number of nitrogens with zero attached hydrogens (tertiary/aromatic N) is 3. The molecule has 0 saturated heterocycles. The van der Waals surface area contributed by atoms with Gasteiger partial charge in [0.05, 0.1) is 21.9 Å². The Morgan fingerprint density at radius 3 is 2.31 bits per heavy atom. The van der Waals surface area contributed by atoms with Crippen molar-refractivity contribution in [2.45, 2.75) is 6.54 Å². The third-order valence-corrected chi connectivity index (χ3v) is 2.76. The number of halogens is 3. The van der Waals surface area contributed by atoms with E-state index in [0.29, 0.717) is 33.0 Å². The Balaban J connectivity index is 2.55. The van der Waals surface area contributed by atoms with E-state index in [4.69, 9.17) is 40.5 Å². The first kappa shape index (κ1) is 11.7. The lowest BCUT2D eigenvalue weighted by atomic mass is 10.3. The fourth-order valence-corrected chi connectivity index (χ4v) is 2.24. The molecule has 0 saturated carbocycles. The highest BCUT2D eigenvalue weighted by molar-refractivity contribution is 6.40. The second kappa shape index (κ2) is 4.59. The summed E-state index contributed by atoms with van der Waals surface area (Å²) in [7, 11) is 0. The van der Waals surface area contributed by atoms with E-state index in [1.807, 2.05) is 0 Å².